The van der Waals surface area contributed by atoms with Crippen LogP contribution < -0.4 is 5.32 Å². The predicted octanol–water partition coefficient (Wildman–Crippen LogP) is 3.34. The molecule has 2 nitrogen and oxygen atoms in total. The van der Waals surface area contributed by atoms with Gasteiger partial charge in [0.25, 0.3) is 0 Å². The first-order chi connectivity index (χ1) is 8.79. The summed E-state index contributed by atoms with van der Waals surface area (Å²) < 4.78 is 0. The smallest absolute Gasteiger partial charge is 0.0303 e. The molecular formula is C16H20N2. The van der Waals surface area contributed by atoms with Gasteiger partial charge in [0, 0.05) is 18.4 Å². The zero-order valence-corrected chi connectivity index (χ0v) is 11.1. The average molecular weight is 240 g/mol. The minimum Gasteiger partial charge on any atom is -0.310 e. The van der Waals surface area contributed by atoms with Crippen LogP contribution in [0.25, 0.3) is 0 Å². The number of hydrogen-bond acceptors (Lipinski definition) is 2. The van der Waals surface area contributed by atoms with E-state index < -0.39 is 0 Å². The van der Waals surface area contributed by atoms with E-state index in [1.54, 1.807) is 0 Å². The van der Waals surface area contributed by atoms with Crippen LogP contribution in [0.15, 0.2) is 48.8 Å². The summed E-state index contributed by atoms with van der Waals surface area (Å²) in [6.45, 7) is 5.33. The Morgan fingerprint density at radius 3 is 2.72 bits per heavy atom. The summed E-state index contributed by atoms with van der Waals surface area (Å²) in [6.07, 6.45) is 4.69. The Hall–Kier alpha value is -1.67. The van der Waals surface area contributed by atoms with E-state index in [1.165, 1.54) is 16.7 Å². The van der Waals surface area contributed by atoms with Crippen LogP contribution in [-0.4, -0.2) is 11.5 Å². The molecule has 0 fully saturated rings. The quantitative estimate of drug-likeness (QED) is 0.867. The van der Waals surface area contributed by atoms with E-state index in [2.05, 4.69) is 54.5 Å². The maximum atomic E-state index is 4.16. The highest BCUT2D eigenvalue weighted by Gasteiger charge is 2.04. The molecular weight excluding hydrogens is 220 g/mol. The number of rotatable bonds is 5. The van der Waals surface area contributed by atoms with Crippen molar-refractivity contribution in [1.82, 2.24) is 10.3 Å². The lowest BCUT2D eigenvalue weighted by Gasteiger charge is -2.13. The fraction of sp³-hybridized carbons (Fsp3) is 0.312. The van der Waals surface area contributed by atoms with Crippen molar-refractivity contribution in [3.05, 3.63) is 65.5 Å². The van der Waals surface area contributed by atoms with Crippen molar-refractivity contribution in [3.63, 3.8) is 0 Å². The summed E-state index contributed by atoms with van der Waals surface area (Å²) in [5, 5.41) is 3.44. The fourth-order valence-electron chi connectivity index (χ4n) is 2.13. The average Bonchev–Trinajstić information content (AvgIpc) is 2.40. The van der Waals surface area contributed by atoms with Crippen LogP contribution in [0.3, 0.4) is 0 Å². The molecule has 2 rings (SSSR count). The lowest BCUT2D eigenvalue weighted by molar-refractivity contribution is 0.597. The van der Waals surface area contributed by atoms with Gasteiger partial charge in [-0.3, -0.25) is 4.98 Å². The van der Waals surface area contributed by atoms with Gasteiger partial charge in [-0.05, 0) is 42.6 Å². The Labute approximate surface area is 109 Å². The van der Waals surface area contributed by atoms with Crippen molar-refractivity contribution in [2.75, 3.05) is 6.54 Å². The second-order valence-corrected chi connectivity index (χ2v) is 4.56. The molecule has 1 aromatic carbocycles. The molecule has 0 aliphatic rings. The Kier molecular flexibility index (Phi) is 4.48. The summed E-state index contributed by atoms with van der Waals surface area (Å²) in [6, 6.07) is 13.3. The molecule has 0 radical (unpaired) electrons. The maximum Gasteiger partial charge on any atom is 0.0303 e. The van der Waals surface area contributed by atoms with Crippen LogP contribution in [0.4, 0.5) is 0 Å². The van der Waals surface area contributed by atoms with Gasteiger partial charge in [-0.2, -0.15) is 0 Å². The van der Waals surface area contributed by atoms with E-state index in [-0.39, 0.29) is 0 Å². The zero-order valence-electron chi connectivity index (χ0n) is 11.1. The van der Waals surface area contributed by atoms with Crippen molar-refractivity contribution < 1.29 is 0 Å². The number of nitrogens with zero attached hydrogens (tertiary/aromatic N) is 1. The van der Waals surface area contributed by atoms with E-state index in [1.807, 2.05) is 18.5 Å². The molecule has 0 saturated carbocycles. The molecule has 1 unspecified atom stereocenters. The van der Waals surface area contributed by atoms with Gasteiger partial charge in [-0.25, -0.2) is 0 Å². The van der Waals surface area contributed by atoms with Gasteiger partial charge in [0.05, 0.1) is 0 Å². The normalized spacial score (nSPS) is 12.3. The summed E-state index contributed by atoms with van der Waals surface area (Å²) >= 11 is 0. The first-order valence-corrected chi connectivity index (χ1v) is 6.50. The first-order valence-electron chi connectivity index (χ1n) is 6.50. The molecule has 94 valence electrons. The van der Waals surface area contributed by atoms with Gasteiger partial charge < -0.3 is 5.32 Å². The minimum atomic E-state index is 0.406. The number of benzene rings is 1. The monoisotopic (exact) mass is 240 g/mol. The summed E-state index contributed by atoms with van der Waals surface area (Å²) in [5.74, 6) is 0. The van der Waals surface area contributed by atoms with Gasteiger partial charge in [0.2, 0.25) is 0 Å². The van der Waals surface area contributed by atoms with Gasteiger partial charge in [-0.15, -0.1) is 0 Å². The predicted molar refractivity (Wildman–Crippen MR) is 75.6 cm³/mol. The molecule has 1 N–H and O–H groups in total. The summed E-state index contributed by atoms with van der Waals surface area (Å²) in [4.78, 5) is 4.16. The lowest BCUT2D eigenvalue weighted by atomic mass is 10.0. The molecule has 2 heteroatoms. The Morgan fingerprint density at radius 2 is 2.00 bits per heavy atom. The van der Waals surface area contributed by atoms with Crippen molar-refractivity contribution in [2.45, 2.75) is 26.3 Å². The summed E-state index contributed by atoms with van der Waals surface area (Å²) in [7, 11) is 0. The van der Waals surface area contributed by atoms with Gasteiger partial charge >= 0.3 is 0 Å². The highest BCUT2D eigenvalue weighted by Crippen LogP contribution is 2.16. The molecule has 0 spiro atoms. The summed E-state index contributed by atoms with van der Waals surface area (Å²) in [5.41, 5.74) is 3.94. The van der Waals surface area contributed by atoms with E-state index in [0.717, 1.165) is 13.0 Å². The Bertz CT molecular complexity index is 479. The van der Waals surface area contributed by atoms with Crippen molar-refractivity contribution in [2.24, 2.45) is 0 Å². The molecule has 0 aliphatic carbocycles. The largest absolute Gasteiger partial charge is 0.310 e. The van der Waals surface area contributed by atoms with Crippen LogP contribution in [-0.2, 0) is 6.42 Å². The van der Waals surface area contributed by atoms with E-state index in [4.69, 9.17) is 0 Å². The fourth-order valence-corrected chi connectivity index (χ4v) is 2.13. The SMILES string of the molecule is CCNC(C)c1cccc(Cc2cccnc2)c1. The number of hydrogen-bond donors (Lipinski definition) is 1. The van der Waals surface area contributed by atoms with Gasteiger partial charge in [0.1, 0.15) is 0 Å². The third-order valence-electron chi connectivity index (χ3n) is 3.09. The van der Waals surface area contributed by atoms with Crippen LogP contribution in [0.5, 0.6) is 0 Å². The van der Waals surface area contributed by atoms with Gasteiger partial charge in [-0.1, -0.05) is 37.3 Å². The van der Waals surface area contributed by atoms with Crippen molar-refractivity contribution in [1.29, 1.82) is 0 Å². The minimum absolute atomic E-state index is 0.406. The van der Waals surface area contributed by atoms with Crippen molar-refractivity contribution in [3.8, 4) is 0 Å². The van der Waals surface area contributed by atoms with Crippen LogP contribution in [0.1, 0.15) is 36.6 Å². The third-order valence-corrected chi connectivity index (χ3v) is 3.09. The lowest BCUT2D eigenvalue weighted by Crippen LogP contribution is -2.17. The first kappa shape index (κ1) is 12.8. The molecule has 0 bridgehead atoms. The van der Waals surface area contributed by atoms with Crippen LogP contribution in [0, 0.1) is 0 Å². The molecule has 0 amide bonds. The topological polar surface area (TPSA) is 24.9 Å². The molecule has 1 heterocycles. The maximum absolute atomic E-state index is 4.16. The number of nitrogens with one attached hydrogen (secondary N) is 1. The standard InChI is InChI=1S/C16H20N2/c1-3-18-13(2)16-8-4-6-14(11-16)10-15-7-5-9-17-12-15/h4-9,11-13,18H,3,10H2,1-2H3. The molecule has 0 saturated heterocycles. The van der Waals surface area contributed by atoms with Gasteiger partial charge in [0.15, 0.2) is 0 Å². The molecule has 18 heavy (non-hydrogen) atoms. The highest BCUT2D eigenvalue weighted by molar-refractivity contribution is 5.29. The van der Waals surface area contributed by atoms with Crippen LogP contribution >= 0.6 is 0 Å². The van der Waals surface area contributed by atoms with Crippen LogP contribution in [0.2, 0.25) is 0 Å². The van der Waals surface area contributed by atoms with E-state index in [0.29, 0.717) is 6.04 Å². The zero-order chi connectivity index (χ0) is 12.8. The third kappa shape index (κ3) is 3.41. The second-order valence-electron chi connectivity index (χ2n) is 4.56. The Morgan fingerprint density at radius 1 is 1.17 bits per heavy atom. The van der Waals surface area contributed by atoms with Crippen molar-refractivity contribution >= 4 is 0 Å². The molecule has 0 aliphatic heterocycles. The second kappa shape index (κ2) is 6.31. The van der Waals surface area contributed by atoms with E-state index in [9.17, 15) is 0 Å². The molecule has 1 aromatic heterocycles. The molecule has 1 atom stereocenters. The van der Waals surface area contributed by atoms with E-state index >= 15 is 0 Å². The number of pyridine rings is 1. The Balaban J connectivity index is 2.12. The molecule has 2 aromatic rings. The highest BCUT2D eigenvalue weighted by atomic mass is 14.9. The number of aromatic nitrogens is 1.